The summed E-state index contributed by atoms with van der Waals surface area (Å²) in [7, 11) is 0. The Balaban J connectivity index is 0.000000707. The number of halogens is 1. The number of aliphatic hydroxyl groups is 1. The fourth-order valence-corrected chi connectivity index (χ4v) is 2.72. The van der Waals surface area contributed by atoms with Crippen molar-refractivity contribution in [3.8, 4) is 17.1 Å². The number of pyridine rings is 2. The van der Waals surface area contributed by atoms with Crippen molar-refractivity contribution in [3.05, 3.63) is 66.2 Å². The summed E-state index contributed by atoms with van der Waals surface area (Å²) < 4.78 is 15.4. The predicted octanol–water partition coefficient (Wildman–Crippen LogP) is 4.75. The Morgan fingerprint density at radius 1 is 1.03 bits per heavy atom. The molecule has 0 aliphatic rings. The summed E-state index contributed by atoms with van der Waals surface area (Å²) in [6.07, 6.45) is 2.75. The van der Waals surface area contributed by atoms with E-state index in [2.05, 4.69) is 15.0 Å². The molecule has 6 nitrogen and oxygen atoms in total. The topological polar surface area (TPSA) is 89.9 Å². The van der Waals surface area contributed by atoms with Crippen molar-refractivity contribution in [2.24, 2.45) is 0 Å². The van der Waals surface area contributed by atoms with Crippen LogP contribution in [0.4, 0.5) is 10.2 Å². The highest BCUT2D eigenvalue weighted by Gasteiger charge is 2.18. The van der Waals surface area contributed by atoms with Crippen molar-refractivity contribution < 1.29 is 9.50 Å². The number of hydrogen-bond donors (Lipinski definition) is 2. The number of nitrogens with two attached hydrogens (primary N) is 1. The fourth-order valence-electron chi connectivity index (χ4n) is 2.72. The number of fused-ring (bicyclic) bond motifs is 1. The van der Waals surface area contributed by atoms with E-state index in [1.807, 2.05) is 39.8 Å². The van der Waals surface area contributed by atoms with Gasteiger partial charge >= 0.3 is 0 Å². The molecule has 29 heavy (non-hydrogen) atoms. The van der Waals surface area contributed by atoms with Crippen LogP contribution in [0.2, 0.25) is 0 Å². The van der Waals surface area contributed by atoms with E-state index in [0.717, 1.165) is 17.4 Å². The number of rotatable bonds is 3. The maximum atomic E-state index is 13.6. The second kappa shape index (κ2) is 10.3. The Hall–Kier alpha value is -3.32. The zero-order chi connectivity index (χ0) is 21.4. The van der Waals surface area contributed by atoms with Crippen LogP contribution in [0.5, 0.6) is 0 Å². The number of imidazole rings is 1. The summed E-state index contributed by atoms with van der Waals surface area (Å²) in [6, 6.07) is 12.2. The van der Waals surface area contributed by atoms with Gasteiger partial charge < -0.3 is 10.8 Å². The lowest BCUT2D eigenvalue weighted by Crippen LogP contribution is -2.02. The molecule has 4 aromatic rings. The molecule has 152 valence electrons. The number of nitrogens with zero attached hydrogens (tertiary/aromatic N) is 4. The van der Waals surface area contributed by atoms with Crippen LogP contribution in [0.25, 0.3) is 28.2 Å². The quantitative estimate of drug-likeness (QED) is 0.522. The first-order valence-electron chi connectivity index (χ1n) is 9.62. The van der Waals surface area contributed by atoms with Crippen molar-refractivity contribution in [2.45, 2.75) is 34.3 Å². The molecule has 3 heterocycles. The van der Waals surface area contributed by atoms with Crippen LogP contribution < -0.4 is 5.73 Å². The number of benzene rings is 1. The number of anilines is 1. The molecule has 7 heteroatoms. The molecule has 0 amide bonds. The minimum atomic E-state index is -0.460. The molecule has 0 fully saturated rings. The third-order valence-electron chi connectivity index (χ3n) is 3.92. The predicted molar refractivity (Wildman–Crippen MR) is 115 cm³/mol. The fraction of sp³-hybridized carbons (Fsp3) is 0.227. The van der Waals surface area contributed by atoms with Crippen LogP contribution in [-0.4, -0.2) is 24.6 Å². The number of nitrogen functional groups attached to an aromatic ring is 1. The Kier molecular flexibility index (Phi) is 7.79. The first kappa shape index (κ1) is 22.0. The number of aliphatic hydroxyl groups excluding tert-OH is 1. The van der Waals surface area contributed by atoms with Crippen molar-refractivity contribution in [1.82, 2.24) is 19.5 Å². The SMILES string of the molecule is CC.CC.Nc1ncccc1-c1nc2cc(F)cnc2n1-c1ccc(CO)cc1. The van der Waals surface area contributed by atoms with E-state index in [0.29, 0.717) is 28.4 Å². The monoisotopic (exact) mass is 395 g/mol. The van der Waals surface area contributed by atoms with E-state index in [1.165, 1.54) is 6.07 Å². The summed E-state index contributed by atoms with van der Waals surface area (Å²) in [5, 5.41) is 9.23. The van der Waals surface area contributed by atoms with E-state index >= 15 is 0 Å². The second-order valence-corrected chi connectivity index (χ2v) is 5.53. The Labute approximate surface area is 169 Å². The zero-order valence-corrected chi connectivity index (χ0v) is 17.1. The molecule has 0 saturated carbocycles. The third kappa shape index (κ3) is 4.57. The van der Waals surface area contributed by atoms with E-state index in [1.54, 1.807) is 35.0 Å². The Bertz CT molecular complexity index is 1060. The normalized spacial score (nSPS) is 10.0. The molecule has 0 aliphatic heterocycles. The zero-order valence-electron chi connectivity index (χ0n) is 17.1. The van der Waals surface area contributed by atoms with E-state index in [4.69, 9.17) is 5.73 Å². The van der Waals surface area contributed by atoms with Crippen LogP contribution >= 0.6 is 0 Å². The van der Waals surface area contributed by atoms with Gasteiger partial charge in [0.25, 0.3) is 0 Å². The summed E-state index contributed by atoms with van der Waals surface area (Å²) >= 11 is 0. The molecule has 0 spiro atoms. The lowest BCUT2D eigenvalue weighted by molar-refractivity contribution is 0.282. The van der Waals surface area contributed by atoms with E-state index in [9.17, 15) is 9.50 Å². The smallest absolute Gasteiger partial charge is 0.165 e. The standard InChI is InChI=1S/C18H14FN5O.2C2H6/c19-12-8-15-18(22-9-12)24(13-5-3-11(10-25)4-6-13)17(23-15)14-2-1-7-21-16(14)20;2*1-2/h1-9,25H,10H2,(H2,20,21);2*1-2H3. The summed E-state index contributed by atoms with van der Waals surface area (Å²) in [5.41, 5.74) is 9.13. The minimum absolute atomic E-state index is 0.0448. The molecular weight excluding hydrogens is 369 g/mol. The molecule has 0 radical (unpaired) electrons. The minimum Gasteiger partial charge on any atom is -0.392 e. The van der Waals surface area contributed by atoms with Crippen molar-refractivity contribution in [1.29, 1.82) is 0 Å². The van der Waals surface area contributed by atoms with Crippen molar-refractivity contribution in [3.63, 3.8) is 0 Å². The molecule has 0 aliphatic carbocycles. The maximum Gasteiger partial charge on any atom is 0.165 e. The molecule has 0 saturated heterocycles. The number of aromatic nitrogens is 4. The van der Waals surface area contributed by atoms with Crippen molar-refractivity contribution >= 4 is 17.0 Å². The van der Waals surface area contributed by atoms with Gasteiger partial charge in [0.05, 0.1) is 18.4 Å². The second-order valence-electron chi connectivity index (χ2n) is 5.53. The lowest BCUT2D eigenvalue weighted by Gasteiger charge is -2.10. The molecule has 3 N–H and O–H groups in total. The summed E-state index contributed by atoms with van der Waals surface area (Å²) in [5.74, 6) is 0.389. The Morgan fingerprint density at radius 2 is 1.72 bits per heavy atom. The van der Waals surface area contributed by atoms with Crippen LogP contribution in [0, 0.1) is 5.82 Å². The van der Waals surface area contributed by atoms with Crippen LogP contribution in [0.3, 0.4) is 0 Å². The maximum absolute atomic E-state index is 13.6. The molecular formula is C22H26FN5O. The third-order valence-corrected chi connectivity index (χ3v) is 3.92. The van der Waals surface area contributed by atoms with Gasteiger partial charge in [0.15, 0.2) is 11.5 Å². The molecule has 0 unspecified atom stereocenters. The Morgan fingerprint density at radius 3 is 2.34 bits per heavy atom. The largest absolute Gasteiger partial charge is 0.392 e. The van der Waals surface area contributed by atoms with Gasteiger partial charge in [-0.15, -0.1) is 0 Å². The summed E-state index contributed by atoms with van der Waals surface area (Å²) in [4.78, 5) is 12.8. The molecule has 4 rings (SSSR count). The lowest BCUT2D eigenvalue weighted by atomic mass is 10.2. The van der Waals surface area contributed by atoms with E-state index in [-0.39, 0.29) is 6.61 Å². The summed E-state index contributed by atoms with van der Waals surface area (Å²) in [6.45, 7) is 7.96. The average molecular weight is 395 g/mol. The number of hydrogen-bond acceptors (Lipinski definition) is 5. The van der Waals surface area contributed by atoms with Crippen LogP contribution in [-0.2, 0) is 6.61 Å². The van der Waals surface area contributed by atoms with Gasteiger partial charge in [-0.3, -0.25) is 4.57 Å². The molecule has 0 atom stereocenters. The molecule has 0 bridgehead atoms. The average Bonchev–Trinajstić information content (AvgIpc) is 3.15. The highest BCUT2D eigenvalue weighted by atomic mass is 19.1. The first-order valence-corrected chi connectivity index (χ1v) is 9.62. The molecule has 1 aromatic carbocycles. The van der Waals surface area contributed by atoms with Crippen molar-refractivity contribution in [2.75, 3.05) is 5.73 Å². The molecule has 3 aromatic heterocycles. The van der Waals surface area contributed by atoms with E-state index < -0.39 is 5.82 Å². The van der Waals surface area contributed by atoms with Crippen LogP contribution in [0.1, 0.15) is 33.3 Å². The van der Waals surface area contributed by atoms with Gasteiger partial charge in [0.2, 0.25) is 0 Å². The first-order chi connectivity index (χ1) is 14.2. The van der Waals surface area contributed by atoms with Gasteiger partial charge in [-0.05, 0) is 29.8 Å². The van der Waals surface area contributed by atoms with Gasteiger partial charge in [-0.1, -0.05) is 39.8 Å². The highest BCUT2D eigenvalue weighted by molar-refractivity contribution is 5.82. The van der Waals surface area contributed by atoms with Crippen LogP contribution in [0.15, 0.2) is 54.9 Å². The van der Waals surface area contributed by atoms with Gasteiger partial charge in [0.1, 0.15) is 17.2 Å². The highest BCUT2D eigenvalue weighted by Crippen LogP contribution is 2.30. The van der Waals surface area contributed by atoms with Gasteiger partial charge in [-0.25, -0.2) is 19.3 Å². The van der Waals surface area contributed by atoms with Gasteiger partial charge in [-0.2, -0.15) is 0 Å². The van der Waals surface area contributed by atoms with Gasteiger partial charge in [0, 0.05) is 18.0 Å².